The van der Waals surface area contributed by atoms with Gasteiger partial charge in [0.1, 0.15) is 0 Å². The first-order valence-corrected chi connectivity index (χ1v) is 7.70. The lowest BCUT2D eigenvalue weighted by atomic mass is 10.1. The van der Waals surface area contributed by atoms with E-state index in [-0.39, 0.29) is 19.3 Å². The van der Waals surface area contributed by atoms with Crippen molar-refractivity contribution in [2.45, 2.75) is 43.5 Å². The fraction of sp³-hybridized carbons (Fsp3) is 0.909. The molecule has 0 bridgehead atoms. The maximum Gasteiger partial charge on any atom is 0.395 e. The summed E-state index contributed by atoms with van der Waals surface area (Å²) < 4.78 is 60.7. The number of alkyl halides is 3. The Labute approximate surface area is 108 Å². The molecule has 0 spiro atoms. The second-order valence-electron chi connectivity index (χ2n) is 5.54. The smallest absolute Gasteiger partial charge is 0.395 e. The number of aliphatic carboxylic acids is 1. The van der Waals surface area contributed by atoms with Gasteiger partial charge in [-0.25, -0.2) is 8.42 Å². The lowest BCUT2D eigenvalue weighted by Crippen LogP contribution is -2.42. The van der Waals surface area contributed by atoms with Crippen LogP contribution in [0.5, 0.6) is 0 Å². The van der Waals surface area contributed by atoms with Gasteiger partial charge in [-0.2, -0.15) is 13.2 Å². The molecule has 1 N–H and O–H groups in total. The van der Waals surface area contributed by atoms with Crippen LogP contribution < -0.4 is 0 Å². The number of hydrogen-bond acceptors (Lipinski definition) is 3. The van der Waals surface area contributed by atoms with E-state index >= 15 is 0 Å². The maximum atomic E-state index is 12.8. The summed E-state index contributed by atoms with van der Waals surface area (Å²) in [7, 11) is -4.31. The standard InChI is InChI=1S/C11H15F3O4S/c1-2-7-5-10(7,8(15)16)19(17,18)6-9(3-4-9)11(12,13)14/h7H,2-6H2,1H3,(H,15,16). The summed E-state index contributed by atoms with van der Waals surface area (Å²) in [5.41, 5.74) is -2.21. The van der Waals surface area contributed by atoms with Gasteiger partial charge in [-0.3, -0.25) is 4.79 Å². The molecule has 0 aromatic rings. The zero-order chi connectivity index (χ0) is 14.7. The number of hydrogen-bond donors (Lipinski definition) is 1. The molecule has 4 nitrogen and oxygen atoms in total. The Balaban J connectivity index is 2.28. The molecule has 0 saturated heterocycles. The number of halogens is 3. The fourth-order valence-corrected chi connectivity index (χ4v) is 5.54. The summed E-state index contributed by atoms with van der Waals surface area (Å²) in [6.45, 7) is 1.64. The highest BCUT2D eigenvalue weighted by Gasteiger charge is 2.73. The van der Waals surface area contributed by atoms with Crippen LogP contribution >= 0.6 is 0 Å². The van der Waals surface area contributed by atoms with Gasteiger partial charge in [0.2, 0.25) is 0 Å². The van der Waals surface area contributed by atoms with Crippen molar-refractivity contribution >= 4 is 15.8 Å². The van der Waals surface area contributed by atoms with E-state index in [9.17, 15) is 26.4 Å². The molecule has 2 aliphatic rings. The third-order valence-electron chi connectivity index (χ3n) is 4.38. The quantitative estimate of drug-likeness (QED) is 0.843. The predicted octanol–water partition coefficient (Wildman–Crippen LogP) is 2.00. The minimum absolute atomic E-state index is 0.0743. The van der Waals surface area contributed by atoms with E-state index in [1.54, 1.807) is 6.92 Å². The number of carboxylic acid groups (broad SMARTS) is 1. The molecule has 2 atom stereocenters. The molecule has 2 saturated carbocycles. The molecular weight excluding hydrogens is 285 g/mol. The Hall–Kier alpha value is -0.790. The number of sulfone groups is 1. The molecule has 0 radical (unpaired) electrons. The van der Waals surface area contributed by atoms with Gasteiger partial charge in [0.25, 0.3) is 0 Å². The van der Waals surface area contributed by atoms with Crippen LogP contribution in [0, 0.1) is 11.3 Å². The monoisotopic (exact) mass is 300 g/mol. The molecule has 2 rings (SSSR count). The summed E-state index contributed by atoms with van der Waals surface area (Å²) in [6, 6.07) is 0. The molecule has 0 aromatic carbocycles. The third-order valence-corrected chi connectivity index (χ3v) is 7.10. The molecule has 0 aromatic heterocycles. The first-order valence-electron chi connectivity index (χ1n) is 6.05. The largest absolute Gasteiger partial charge is 0.480 e. The van der Waals surface area contributed by atoms with Crippen molar-refractivity contribution < 1.29 is 31.5 Å². The minimum Gasteiger partial charge on any atom is -0.480 e. The summed E-state index contributed by atoms with van der Waals surface area (Å²) >= 11 is 0. The highest BCUT2D eigenvalue weighted by molar-refractivity contribution is 7.94. The molecule has 19 heavy (non-hydrogen) atoms. The maximum absolute atomic E-state index is 12.8. The van der Waals surface area contributed by atoms with Gasteiger partial charge in [-0.1, -0.05) is 13.3 Å². The lowest BCUT2D eigenvalue weighted by Gasteiger charge is -2.22. The van der Waals surface area contributed by atoms with Gasteiger partial charge in [0.05, 0.1) is 11.2 Å². The van der Waals surface area contributed by atoms with Crippen LogP contribution in [0.4, 0.5) is 13.2 Å². The summed E-state index contributed by atoms with van der Waals surface area (Å²) in [4.78, 5) is 11.2. The zero-order valence-electron chi connectivity index (χ0n) is 10.3. The highest BCUT2D eigenvalue weighted by atomic mass is 32.2. The Morgan fingerprint density at radius 2 is 1.89 bits per heavy atom. The zero-order valence-corrected chi connectivity index (χ0v) is 11.1. The Bertz CT molecular complexity index is 507. The molecular formula is C11H15F3O4S. The molecule has 2 aliphatic carbocycles. The second-order valence-corrected chi connectivity index (χ2v) is 7.79. The van der Waals surface area contributed by atoms with Gasteiger partial charge >= 0.3 is 12.1 Å². The first-order chi connectivity index (χ1) is 8.52. The fourth-order valence-electron chi connectivity index (χ4n) is 2.71. The summed E-state index contributed by atoms with van der Waals surface area (Å²) in [5.74, 6) is -3.18. The normalized spacial score (nSPS) is 32.9. The number of rotatable bonds is 5. The summed E-state index contributed by atoms with van der Waals surface area (Å²) in [6.07, 6.45) is -4.79. The van der Waals surface area contributed by atoms with Crippen molar-refractivity contribution in [2.75, 3.05) is 5.75 Å². The van der Waals surface area contributed by atoms with Gasteiger partial charge in [0, 0.05) is 0 Å². The lowest BCUT2D eigenvalue weighted by molar-refractivity contribution is -0.180. The van der Waals surface area contributed by atoms with Crippen molar-refractivity contribution in [1.29, 1.82) is 0 Å². The molecule has 0 heterocycles. The topological polar surface area (TPSA) is 71.4 Å². The molecule has 0 amide bonds. The van der Waals surface area contributed by atoms with Crippen molar-refractivity contribution in [2.24, 2.45) is 11.3 Å². The van der Waals surface area contributed by atoms with Gasteiger partial charge < -0.3 is 5.11 Å². The molecule has 2 unspecified atom stereocenters. The molecule has 2 fully saturated rings. The van der Waals surface area contributed by atoms with Crippen LogP contribution in [0.15, 0.2) is 0 Å². The van der Waals surface area contributed by atoms with Crippen LogP contribution in [0.3, 0.4) is 0 Å². The average molecular weight is 300 g/mol. The Morgan fingerprint density at radius 1 is 1.37 bits per heavy atom. The van der Waals surface area contributed by atoms with E-state index in [2.05, 4.69) is 0 Å². The van der Waals surface area contributed by atoms with Gasteiger partial charge in [0.15, 0.2) is 14.6 Å². The van der Waals surface area contributed by atoms with Crippen LogP contribution in [0.25, 0.3) is 0 Å². The van der Waals surface area contributed by atoms with E-state index < -0.39 is 43.8 Å². The minimum atomic E-state index is -4.59. The predicted molar refractivity (Wildman–Crippen MR) is 60.3 cm³/mol. The summed E-state index contributed by atoms with van der Waals surface area (Å²) in [5, 5.41) is 9.10. The van der Waals surface area contributed by atoms with Crippen LogP contribution in [-0.4, -0.2) is 36.2 Å². The third kappa shape index (κ3) is 1.95. The van der Waals surface area contributed by atoms with E-state index in [1.165, 1.54) is 0 Å². The van der Waals surface area contributed by atoms with Crippen LogP contribution in [-0.2, 0) is 14.6 Å². The molecule has 8 heteroatoms. The van der Waals surface area contributed by atoms with E-state index in [0.717, 1.165) is 0 Å². The SMILES string of the molecule is CCC1CC1(C(=O)O)S(=O)(=O)CC1(C(F)(F)F)CC1. The first kappa shape index (κ1) is 14.6. The Kier molecular flexibility index (Phi) is 2.97. The van der Waals surface area contributed by atoms with Crippen LogP contribution in [0.2, 0.25) is 0 Å². The Morgan fingerprint density at radius 3 is 2.16 bits per heavy atom. The van der Waals surface area contributed by atoms with Crippen molar-refractivity contribution in [3.8, 4) is 0 Å². The number of carboxylic acids is 1. The average Bonchev–Trinajstić information content (AvgIpc) is 3.08. The van der Waals surface area contributed by atoms with E-state index in [4.69, 9.17) is 5.11 Å². The van der Waals surface area contributed by atoms with Crippen molar-refractivity contribution in [3.63, 3.8) is 0 Å². The molecule has 0 aliphatic heterocycles. The number of carbonyl (C=O) groups is 1. The van der Waals surface area contributed by atoms with Gasteiger partial charge in [-0.15, -0.1) is 0 Å². The second kappa shape index (κ2) is 3.86. The van der Waals surface area contributed by atoms with Crippen molar-refractivity contribution in [1.82, 2.24) is 0 Å². The van der Waals surface area contributed by atoms with Crippen molar-refractivity contribution in [3.05, 3.63) is 0 Å². The molecule has 110 valence electrons. The van der Waals surface area contributed by atoms with Crippen LogP contribution in [0.1, 0.15) is 32.6 Å². The highest BCUT2D eigenvalue weighted by Crippen LogP contribution is 2.61. The van der Waals surface area contributed by atoms with E-state index in [1.807, 2.05) is 0 Å². The van der Waals surface area contributed by atoms with Gasteiger partial charge in [-0.05, 0) is 25.2 Å². The van der Waals surface area contributed by atoms with E-state index in [0.29, 0.717) is 6.42 Å².